The predicted octanol–water partition coefficient (Wildman–Crippen LogP) is -2.74. The number of rotatable bonds is 3. The number of carbonyl (C=O) groups excluding carboxylic acids is 2. The zero-order valence-corrected chi connectivity index (χ0v) is 5.83. The van der Waals surface area contributed by atoms with E-state index in [4.69, 9.17) is 0 Å². The normalized spacial score (nSPS) is 7.56. The fourth-order valence-corrected chi connectivity index (χ4v) is 0.204. The first-order chi connectivity index (χ1) is 3.63. The molecule has 4 nitrogen and oxygen atoms in total. The maximum absolute atomic E-state index is 9.50. The first kappa shape index (κ1) is 11.5. The Morgan fingerprint density at radius 2 is 1.22 bits per heavy atom. The van der Waals surface area contributed by atoms with E-state index in [2.05, 4.69) is 0 Å². The van der Waals surface area contributed by atoms with Gasteiger partial charge in [0.2, 0.25) is 0 Å². The van der Waals surface area contributed by atoms with Crippen molar-refractivity contribution >= 4 is 11.9 Å². The molecule has 0 aromatic heterocycles. The van der Waals surface area contributed by atoms with Crippen LogP contribution in [0.25, 0.3) is 0 Å². The van der Waals surface area contributed by atoms with Gasteiger partial charge in [-0.25, -0.2) is 0 Å². The average molecular weight is 224 g/mol. The minimum atomic E-state index is -1.37. The predicted molar refractivity (Wildman–Crippen MR) is 19.2 cm³/mol. The van der Waals surface area contributed by atoms with Gasteiger partial charge in [-0.15, -0.1) is 0 Å². The Morgan fingerprint density at radius 3 is 1.33 bits per heavy atom. The molecule has 0 aliphatic heterocycles. The molecule has 9 heavy (non-hydrogen) atoms. The van der Waals surface area contributed by atoms with E-state index in [9.17, 15) is 19.8 Å². The zero-order valence-electron chi connectivity index (χ0n) is 4.35. The molecule has 0 saturated heterocycles. The number of aliphatic carboxylic acids is 2. The summed E-state index contributed by atoms with van der Waals surface area (Å²) in [5.74, 6) is -2.73. The van der Waals surface area contributed by atoms with Crippen LogP contribution in [0.15, 0.2) is 0 Å². The van der Waals surface area contributed by atoms with Crippen LogP contribution in [0, 0.1) is 0 Å². The Balaban J connectivity index is 0. The minimum Gasteiger partial charge on any atom is -0.550 e. The third kappa shape index (κ3) is 11.3. The van der Waals surface area contributed by atoms with Crippen LogP contribution in [-0.4, -0.2) is 11.9 Å². The van der Waals surface area contributed by atoms with Gasteiger partial charge in [0.05, 0.1) is 0 Å². The molecular weight excluding hydrogens is 220 g/mol. The SMILES string of the molecule is O=C([O-])CCC(=O)[O-].[Ag+2]. The van der Waals surface area contributed by atoms with Crippen LogP contribution in [0.2, 0.25) is 0 Å². The summed E-state index contributed by atoms with van der Waals surface area (Å²) in [5.41, 5.74) is 0. The standard InChI is InChI=1S/C4H6O4.Ag/c5-3(6)1-2-4(7)8;/h1-2H2,(H,5,6)(H,7,8);/q;+2/p-2. The fraction of sp³-hybridized carbons (Fsp3) is 0.500. The molecule has 0 saturated carbocycles. The molecule has 0 aromatic rings. The number of hydrogen-bond donors (Lipinski definition) is 0. The van der Waals surface area contributed by atoms with Crippen LogP contribution < -0.4 is 10.2 Å². The first-order valence-corrected chi connectivity index (χ1v) is 2.02. The molecular formula is C4H4AgO4. The van der Waals surface area contributed by atoms with Gasteiger partial charge in [-0.2, -0.15) is 0 Å². The summed E-state index contributed by atoms with van der Waals surface area (Å²) in [6, 6.07) is 0. The molecule has 0 bridgehead atoms. The van der Waals surface area contributed by atoms with Crippen molar-refractivity contribution in [3.05, 3.63) is 0 Å². The molecule has 0 N–H and O–H groups in total. The van der Waals surface area contributed by atoms with E-state index >= 15 is 0 Å². The fourth-order valence-electron chi connectivity index (χ4n) is 0.204. The van der Waals surface area contributed by atoms with Gasteiger partial charge in [0.15, 0.2) is 0 Å². The molecule has 1 radical (unpaired) electrons. The van der Waals surface area contributed by atoms with Crippen molar-refractivity contribution in [2.24, 2.45) is 0 Å². The quantitative estimate of drug-likeness (QED) is 0.487. The van der Waals surface area contributed by atoms with E-state index in [1.54, 1.807) is 0 Å². The maximum Gasteiger partial charge on any atom is 2.00 e. The summed E-state index contributed by atoms with van der Waals surface area (Å²) < 4.78 is 0. The Hall–Kier alpha value is -0.320. The van der Waals surface area contributed by atoms with Crippen LogP contribution in [0.4, 0.5) is 0 Å². The van der Waals surface area contributed by atoms with E-state index in [-0.39, 0.29) is 22.4 Å². The third-order valence-electron chi connectivity index (χ3n) is 0.533. The Kier molecular flexibility index (Phi) is 7.41. The molecule has 0 rings (SSSR count). The van der Waals surface area contributed by atoms with Gasteiger partial charge in [0, 0.05) is 11.9 Å². The van der Waals surface area contributed by atoms with Crippen LogP contribution in [0.3, 0.4) is 0 Å². The summed E-state index contributed by atoms with van der Waals surface area (Å²) in [6.07, 6.45) is -0.940. The van der Waals surface area contributed by atoms with Crippen LogP contribution >= 0.6 is 0 Å². The molecule has 0 fully saturated rings. The van der Waals surface area contributed by atoms with Gasteiger partial charge in [-0.1, -0.05) is 0 Å². The van der Waals surface area contributed by atoms with Crippen molar-refractivity contribution in [1.29, 1.82) is 0 Å². The molecule has 5 heteroatoms. The molecule has 0 aliphatic carbocycles. The Bertz CT molecular complexity index is 97.1. The van der Waals surface area contributed by atoms with Crippen molar-refractivity contribution in [3.8, 4) is 0 Å². The molecule has 0 unspecified atom stereocenters. The summed E-state index contributed by atoms with van der Waals surface area (Å²) in [4.78, 5) is 19.0. The van der Waals surface area contributed by atoms with Crippen LogP contribution in [0.1, 0.15) is 12.8 Å². The second-order valence-corrected chi connectivity index (χ2v) is 1.24. The molecule has 0 atom stereocenters. The Labute approximate surface area is 67.4 Å². The molecule has 0 aromatic carbocycles. The van der Waals surface area contributed by atoms with Gasteiger partial charge < -0.3 is 19.8 Å². The molecule has 0 spiro atoms. The molecule has 0 amide bonds. The topological polar surface area (TPSA) is 80.3 Å². The zero-order chi connectivity index (χ0) is 6.57. The first-order valence-electron chi connectivity index (χ1n) is 2.02. The van der Waals surface area contributed by atoms with Crippen molar-refractivity contribution in [1.82, 2.24) is 0 Å². The van der Waals surface area contributed by atoms with Crippen molar-refractivity contribution < 1.29 is 42.2 Å². The van der Waals surface area contributed by atoms with Gasteiger partial charge in [-0.3, -0.25) is 0 Å². The average Bonchev–Trinajstić information content (AvgIpc) is 1.61. The van der Waals surface area contributed by atoms with Gasteiger partial charge >= 0.3 is 22.4 Å². The van der Waals surface area contributed by atoms with Crippen molar-refractivity contribution in [2.45, 2.75) is 12.8 Å². The van der Waals surface area contributed by atoms with Gasteiger partial charge in [0.1, 0.15) is 0 Å². The number of hydrogen-bond acceptors (Lipinski definition) is 4. The third-order valence-corrected chi connectivity index (χ3v) is 0.533. The van der Waals surface area contributed by atoms with E-state index in [1.165, 1.54) is 0 Å². The van der Waals surface area contributed by atoms with Gasteiger partial charge in [0.25, 0.3) is 0 Å². The van der Waals surface area contributed by atoms with Crippen molar-refractivity contribution in [3.63, 3.8) is 0 Å². The summed E-state index contributed by atoms with van der Waals surface area (Å²) in [7, 11) is 0. The number of carbonyl (C=O) groups is 2. The van der Waals surface area contributed by atoms with Crippen molar-refractivity contribution in [2.75, 3.05) is 0 Å². The minimum absolute atomic E-state index is 0. The van der Waals surface area contributed by atoms with Gasteiger partial charge in [-0.05, 0) is 12.8 Å². The van der Waals surface area contributed by atoms with E-state index in [1.807, 2.05) is 0 Å². The Morgan fingerprint density at radius 1 is 1.00 bits per heavy atom. The molecule has 0 heterocycles. The number of carboxylic acids is 2. The van der Waals surface area contributed by atoms with E-state index in [0.29, 0.717) is 0 Å². The summed E-state index contributed by atoms with van der Waals surface area (Å²) in [6.45, 7) is 0. The summed E-state index contributed by atoms with van der Waals surface area (Å²) >= 11 is 0. The summed E-state index contributed by atoms with van der Waals surface area (Å²) in [5, 5.41) is 19.0. The maximum atomic E-state index is 9.50. The largest absolute Gasteiger partial charge is 2.00 e. The monoisotopic (exact) mass is 223 g/mol. The smallest absolute Gasteiger partial charge is 0.550 e. The van der Waals surface area contributed by atoms with Crippen LogP contribution in [-0.2, 0) is 32.0 Å². The second-order valence-electron chi connectivity index (χ2n) is 1.24. The van der Waals surface area contributed by atoms with E-state index in [0.717, 1.165) is 0 Å². The van der Waals surface area contributed by atoms with Crippen LogP contribution in [0.5, 0.6) is 0 Å². The van der Waals surface area contributed by atoms with E-state index < -0.39 is 24.8 Å². The molecule has 55 valence electrons. The molecule has 0 aliphatic rings. The second kappa shape index (κ2) is 5.81. The number of carboxylic acid groups (broad SMARTS) is 2.